The first-order chi connectivity index (χ1) is 14.9. The number of amides is 1. The van der Waals surface area contributed by atoms with Crippen molar-refractivity contribution in [3.05, 3.63) is 89.0 Å². The van der Waals surface area contributed by atoms with Gasteiger partial charge in [-0.1, -0.05) is 0 Å². The van der Waals surface area contributed by atoms with E-state index in [1.807, 2.05) is 13.0 Å². The van der Waals surface area contributed by atoms with Gasteiger partial charge in [0, 0.05) is 23.3 Å². The maximum atomic E-state index is 13.4. The van der Waals surface area contributed by atoms with Crippen molar-refractivity contribution in [1.82, 2.24) is 9.97 Å². The number of hydrogen-bond acceptors (Lipinski definition) is 5. The van der Waals surface area contributed by atoms with Crippen LogP contribution in [0, 0.1) is 31.0 Å². The average molecular weight is 412 g/mol. The van der Waals surface area contributed by atoms with Crippen molar-refractivity contribution in [3.8, 4) is 17.7 Å². The first-order valence-corrected chi connectivity index (χ1v) is 9.46. The van der Waals surface area contributed by atoms with E-state index in [9.17, 15) is 9.18 Å². The predicted octanol–water partition coefficient (Wildman–Crippen LogP) is 5.30. The van der Waals surface area contributed by atoms with Gasteiger partial charge in [0.15, 0.2) is 0 Å². The number of nitriles is 1. The molecular weight excluding hydrogens is 395 g/mol. The number of hydrogen-bond donors (Lipinski definition) is 1. The molecule has 0 spiro atoms. The molecule has 2 aromatic heterocycles. The van der Waals surface area contributed by atoms with E-state index in [0.717, 1.165) is 5.56 Å². The molecule has 0 unspecified atom stereocenters. The van der Waals surface area contributed by atoms with Crippen molar-refractivity contribution in [1.29, 1.82) is 5.26 Å². The number of benzene rings is 2. The van der Waals surface area contributed by atoms with Gasteiger partial charge in [-0.2, -0.15) is 5.26 Å². The predicted molar refractivity (Wildman–Crippen MR) is 115 cm³/mol. The SMILES string of the molecule is Cc1cc(Oc2ncccc2C#N)ccc1NC(=O)c1cc2ccc(F)cc2nc1C. The van der Waals surface area contributed by atoms with E-state index in [1.165, 1.54) is 12.1 Å². The molecule has 0 atom stereocenters. The second-order valence-electron chi connectivity index (χ2n) is 6.96. The third kappa shape index (κ3) is 4.19. The highest BCUT2D eigenvalue weighted by atomic mass is 19.1. The molecule has 2 aromatic carbocycles. The van der Waals surface area contributed by atoms with Gasteiger partial charge in [0.2, 0.25) is 5.88 Å². The van der Waals surface area contributed by atoms with Gasteiger partial charge in [-0.15, -0.1) is 0 Å². The van der Waals surface area contributed by atoms with Crippen LogP contribution in [0.25, 0.3) is 10.9 Å². The number of ether oxygens (including phenoxy) is 1. The van der Waals surface area contributed by atoms with Crippen LogP contribution >= 0.6 is 0 Å². The first-order valence-electron chi connectivity index (χ1n) is 9.46. The highest BCUT2D eigenvalue weighted by Crippen LogP contribution is 2.27. The normalized spacial score (nSPS) is 10.5. The van der Waals surface area contributed by atoms with Crippen molar-refractivity contribution in [2.24, 2.45) is 0 Å². The van der Waals surface area contributed by atoms with Crippen LogP contribution < -0.4 is 10.1 Å². The highest BCUT2D eigenvalue weighted by Gasteiger charge is 2.14. The lowest BCUT2D eigenvalue weighted by Gasteiger charge is -2.12. The molecule has 0 saturated heterocycles. The van der Waals surface area contributed by atoms with E-state index < -0.39 is 0 Å². The Morgan fingerprint density at radius 2 is 1.97 bits per heavy atom. The second kappa shape index (κ2) is 8.20. The fraction of sp³-hybridized carbons (Fsp3) is 0.0833. The number of pyridine rings is 2. The lowest BCUT2D eigenvalue weighted by molar-refractivity contribution is 0.102. The summed E-state index contributed by atoms with van der Waals surface area (Å²) in [5.41, 5.74) is 3.12. The molecule has 31 heavy (non-hydrogen) atoms. The summed E-state index contributed by atoms with van der Waals surface area (Å²) in [5.74, 6) is 0.0263. The van der Waals surface area contributed by atoms with Crippen LogP contribution in [0.3, 0.4) is 0 Å². The smallest absolute Gasteiger partial charge is 0.257 e. The van der Waals surface area contributed by atoms with Crippen LogP contribution in [0.15, 0.2) is 60.8 Å². The zero-order chi connectivity index (χ0) is 22.0. The minimum Gasteiger partial charge on any atom is -0.438 e. The minimum absolute atomic E-state index is 0.218. The summed E-state index contributed by atoms with van der Waals surface area (Å²) in [7, 11) is 0. The molecule has 4 rings (SSSR count). The molecule has 0 aliphatic heterocycles. The van der Waals surface area contributed by atoms with Crippen LogP contribution in [-0.4, -0.2) is 15.9 Å². The van der Waals surface area contributed by atoms with E-state index in [0.29, 0.717) is 39.2 Å². The number of anilines is 1. The minimum atomic E-state index is -0.373. The summed E-state index contributed by atoms with van der Waals surface area (Å²) < 4.78 is 19.1. The number of nitrogens with zero attached hydrogens (tertiary/aromatic N) is 3. The molecule has 0 radical (unpaired) electrons. The third-order valence-electron chi connectivity index (χ3n) is 4.77. The number of nitrogens with one attached hydrogen (secondary N) is 1. The fourth-order valence-electron chi connectivity index (χ4n) is 3.16. The molecule has 152 valence electrons. The van der Waals surface area contributed by atoms with Gasteiger partial charge in [0.1, 0.15) is 23.2 Å². The molecule has 0 aliphatic rings. The molecule has 2 heterocycles. The molecule has 1 N–H and O–H groups in total. The number of carbonyl (C=O) groups is 1. The Morgan fingerprint density at radius 3 is 2.74 bits per heavy atom. The Hall–Kier alpha value is -4.31. The van der Waals surface area contributed by atoms with E-state index in [1.54, 1.807) is 55.6 Å². The van der Waals surface area contributed by atoms with Crippen LogP contribution in [-0.2, 0) is 0 Å². The van der Waals surface area contributed by atoms with Crippen LogP contribution in [0.2, 0.25) is 0 Å². The van der Waals surface area contributed by atoms with Gasteiger partial charge in [0.05, 0.1) is 16.8 Å². The van der Waals surface area contributed by atoms with Crippen molar-refractivity contribution < 1.29 is 13.9 Å². The van der Waals surface area contributed by atoms with Crippen molar-refractivity contribution in [2.45, 2.75) is 13.8 Å². The molecule has 0 saturated carbocycles. The summed E-state index contributed by atoms with van der Waals surface area (Å²) >= 11 is 0. The summed E-state index contributed by atoms with van der Waals surface area (Å²) in [6, 6.07) is 16.4. The highest BCUT2D eigenvalue weighted by molar-refractivity contribution is 6.07. The topological polar surface area (TPSA) is 87.9 Å². The quantitative estimate of drug-likeness (QED) is 0.491. The van der Waals surface area contributed by atoms with E-state index in [4.69, 9.17) is 10.00 Å². The summed E-state index contributed by atoms with van der Waals surface area (Å²) in [4.78, 5) is 21.3. The van der Waals surface area contributed by atoms with Gasteiger partial charge in [0.25, 0.3) is 5.91 Å². The summed E-state index contributed by atoms with van der Waals surface area (Å²) in [6.07, 6.45) is 1.55. The Kier molecular flexibility index (Phi) is 5.29. The second-order valence-corrected chi connectivity index (χ2v) is 6.96. The van der Waals surface area contributed by atoms with Crippen LogP contribution in [0.4, 0.5) is 10.1 Å². The molecule has 0 bridgehead atoms. The summed E-state index contributed by atoms with van der Waals surface area (Å²) in [6.45, 7) is 3.54. The number of aryl methyl sites for hydroxylation is 2. The van der Waals surface area contributed by atoms with Crippen molar-refractivity contribution >= 4 is 22.5 Å². The number of halogens is 1. The molecule has 1 amide bonds. The largest absolute Gasteiger partial charge is 0.438 e. The van der Waals surface area contributed by atoms with E-state index >= 15 is 0 Å². The van der Waals surface area contributed by atoms with Crippen LogP contribution in [0.5, 0.6) is 11.6 Å². The Bertz CT molecular complexity index is 1360. The van der Waals surface area contributed by atoms with Gasteiger partial charge >= 0.3 is 0 Å². The maximum Gasteiger partial charge on any atom is 0.257 e. The fourth-order valence-corrected chi connectivity index (χ4v) is 3.16. The lowest BCUT2D eigenvalue weighted by Crippen LogP contribution is -2.15. The molecule has 0 aliphatic carbocycles. The Morgan fingerprint density at radius 1 is 1.13 bits per heavy atom. The molecule has 7 heteroatoms. The van der Waals surface area contributed by atoms with Gasteiger partial charge in [-0.3, -0.25) is 9.78 Å². The number of fused-ring (bicyclic) bond motifs is 1. The molecule has 6 nitrogen and oxygen atoms in total. The Balaban J connectivity index is 1.56. The zero-order valence-electron chi connectivity index (χ0n) is 16.8. The van der Waals surface area contributed by atoms with Crippen LogP contribution in [0.1, 0.15) is 27.2 Å². The average Bonchev–Trinajstić information content (AvgIpc) is 2.75. The molecule has 0 fully saturated rings. The standard InChI is InChI=1S/C24H17FN4O2/c1-14-10-19(31-24-17(13-26)4-3-9-27-24)7-8-21(14)29-23(30)20-11-16-5-6-18(25)12-22(16)28-15(20)2/h3-12H,1-2H3,(H,29,30). The maximum absolute atomic E-state index is 13.4. The molecule has 4 aromatic rings. The molecular formula is C24H17FN4O2. The number of carbonyl (C=O) groups excluding carboxylic acids is 1. The van der Waals surface area contributed by atoms with E-state index in [2.05, 4.69) is 15.3 Å². The van der Waals surface area contributed by atoms with Gasteiger partial charge < -0.3 is 10.1 Å². The van der Waals surface area contributed by atoms with Gasteiger partial charge in [-0.25, -0.2) is 9.37 Å². The zero-order valence-corrected chi connectivity index (χ0v) is 16.8. The Labute approximate surface area is 178 Å². The summed E-state index contributed by atoms with van der Waals surface area (Å²) in [5, 5.41) is 12.7. The van der Waals surface area contributed by atoms with Crippen molar-refractivity contribution in [2.75, 3.05) is 5.32 Å². The monoisotopic (exact) mass is 412 g/mol. The first kappa shape index (κ1) is 20.0. The lowest BCUT2D eigenvalue weighted by atomic mass is 10.1. The van der Waals surface area contributed by atoms with E-state index in [-0.39, 0.29) is 17.6 Å². The third-order valence-corrected chi connectivity index (χ3v) is 4.77. The number of aromatic nitrogens is 2. The number of rotatable bonds is 4. The van der Waals surface area contributed by atoms with Gasteiger partial charge in [-0.05, 0) is 67.9 Å². The van der Waals surface area contributed by atoms with Crippen molar-refractivity contribution in [3.63, 3.8) is 0 Å².